The normalized spacial score (nSPS) is 18.0. The molecule has 0 radical (unpaired) electrons. The quantitative estimate of drug-likeness (QED) is 0.530. The standard InChI is InChI=1S/C27H32N2O5/c1-32-25-7-6-19(16-22(25)27(30)31)17-28-11-8-20(9-12-28)23-18-29(13-10-26-33-14-15-34-26)24-5-3-2-4-21(23)24/h2-7,16,18,20,26H,8-15,17H2,1H3,(H,30,31). The van der Waals surface area contributed by atoms with Gasteiger partial charge in [0.15, 0.2) is 6.29 Å². The molecule has 2 aromatic carbocycles. The zero-order chi connectivity index (χ0) is 23.5. The summed E-state index contributed by atoms with van der Waals surface area (Å²) >= 11 is 0. The van der Waals surface area contributed by atoms with Crippen LogP contribution in [0.5, 0.6) is 5.75 Å². The number of methoxy groups -OCH3 is 1. The molecule has 3 aromatic rings. The van der Waals surface area contributed by atoms with Gasteiger partial charge in [-0.15, -0.1) is 0 Å². The molecule has 3 heterocycles. The van der Waals surface area contributed by atoms with E-state index >= 15 is 0 Å². The Morgan fingerprint density at radius 1 is 1.12 bits per heavy atom. The summed E-state index contributed by atoms with van der Waals surface area (Å²) in [5.41, 5.74) is 3.93. The Balaban J connectivity index is 1.25. The average Bonchev–Trinajstić information content (AvgIpc) is 3.51. The van der Waals surface area contributed by atoms with Crippen molar-refractivity contribution < 1.29 is 24.1 Å². The van der Waals surface area contributed by atoms with Crippen LogP contribution in [0.15, 0.2) is 48.7 Å². The van der Waals surface area contributed by atoms with Gasteiger partial charge in [0.25, 0.3) is 0 Å². The van der Waals surface area contributed by atoms with Crippen molar-refractivity contribution in [3.63, 3.8) is 0 Å². The van der Waals surface area contributed by atoms with E-state index in [0.717, 1.165) is 51.0 Å². The molecule has 1 aromatic heterocycles. The number of ether oxygens (including phenoxy) is 3. The first kappa shape index (κ1) is 22.9. The number of fused-ring (bicyclic) bond motifs is 1. The highest BCUT2D eigenvalue weighted by Gasteiger charge is 2.25. The lowest BCUT2D eigenvalue weighted by molar-refractivity contribution is -0.0488. The van der Waals surface area contributed by atoms with Gasteiger partial charge in [0.2, 0.25) is 0 Å². The van der Waals surface area contributed by atoms with E-state index in [0.29, 0.717) is 24.9 Å². The lowest BCUT2D eigenvalue weighted by Crippen LogP contribution is -2.32. The molecule has 2 saturated heterocycles. The highest BCUT2D eigenvalue weighted by molar-refractivity contribution is 5.91. The number of nitrogens with zero attached hydrogens (tertiary/aromatic N) is 2. The van der Waals surface area contributed by atoms with Crippen LogP contribution in [0, 0.1) is 0 Å². The van der Waals surface area contributed by atoms with E-state index in [2.05, 4.69) is 39.9 Å². The Morgan fingerprint density at radius 2 is 1.88 bits per heavy atom. The van der Waals surface area contributed by atoms with E-state index < -0.39 is 5.97 Å². The molecule has 2 aliphatic heterocycles. The molecule has 0 unspecified atom stereocenters. The summed E-state index contributed by atoms with van der Waals surface area (Å²) in [5.74, 6) is -0.0379. The molecule has 0 spiro atoms. The van der Waals surface area contributed by atoms with Gasteiger partial charge in [-0.2, -0.15) is 0 Å². The second-order valence-electron chi connectivity index (χ2n) is 9.15. The molecular formula is C27H32N2O5. The molecule has 0 amide bonds. The van der Waals surface area contributed by atoms with Crippen molar-refractivity contribution in [1.82, 2.24) is 9.47 Å². The Bertz CT molecular complexity index is 1140. The third kappa shape index (κ3) is 4.82. The Kier molecular flexibility index (Phi) is 6.85. The summed E-state index contributed by atoms with van der Waals surface area (Å²) in [4.78, 5) is 14.0. The van der Waals surface area contributed by atoms with Crippen molar-refractivity contribution in [2.45, 2.75) is 44.6 Å². The van der Waals surface area contributed by atoms with E-state index in [-0.39, 0.29) is 11.9 Å². The molecule has 0 bridgehead atoms. The number of carboxylic acid groups (broad SMARTS) is 1. The number of likely N-dealkylation sites (tertiary alicyclic amines) is 1. The minimum atomic E-state index is -0.958. The van der Waals surface area contributed by atoms with Crippen LogP contribution in [-0.4, -0.2) is 60.2 Å². The van der Waals surface area contributed by atoms with E-state index in [1.807, 2.05) is 6.07 Å². The minimum absolute atomic E-state index is 0.0903. The molecular weight excluding hydrogens is 432 g/mol. The molecule has 1 N–H and O–H groups in total. The highest BCUT2D eigenvalue weighted by Crippen LogP contribution is 2.35. The number of para-hydroxylation sites is 1. The zero-order valence-corrected chi connectivity index (χ0v) is 19.6. The molecule has 0 saturated carbocycles. The van der Waals surface area contributed by atoms with Crippen molar-refractivity contribution in [2.24, 2.45) is 0 Å². The lowest BCUT2D eigenvalue weighted by atomic mass is 9.89. The molecule has 2 aliphatic rings. The predicted octanol–water partition coefficient (Wildman–Crippen LogP) is 4.49. The largest absolute Gasteiger partial charge is 0.496 e. The SMILES string of the molecule is COc1ccc(CN2CCC(c3cn(CCC4OCCO4)c4ccccc34)CC2)cc1C(=O)O. The van der Waals surface area contributed by atoms with E-state index in [9.17, 15) is 9.90 Å². The van der Waals surface area contributed by atoms with Crippen molar-refractivity contribution in [1.29, 1.82) is 0 Å². The number of aromatic carboxylic acids is 1. The van der Waals surface area contributed by atoms with Crippen LogP contribution in [0.4, 0.5) is 0 Å². The highest BCUT2D eigenvalue weighted by atomic mass is 16.7. The van der Waals surface area contributed by atoms with E-state index in [1.54, 1.807) is 12.1 Å². The van der Waals surface area contributed by atoms with Crippen LogP contribution in [0.3, 0.4) is 0 Å². The molecule has 5 rings (SSSR count). The maximum Gasteiger partial charge on any atom is 0.339 e. The molecule has 0 atom stereocenters. The van der Waals surface area contributed by atoms with Gasteiger partial charge in [0, 0.05) is 36.6 Å². The summed E-state index contributed by atoms with van der Waals surface area (Å²) in [6.45, 7) is 4.99. The van der Waals surface area contributed by atoms with Crippen LogP contribution >= 0.6 is 0 Å². The van der Waals surface area contributed by atoms with Gasteiger partial charge in [-0.05, 0) is 61.2 Å². The third-order valence-electron chi connectivity index (χ3n) is 7.04. The predicted molar refractivity (Wildman–Crippen MR) is 129 cm³/mol. The van der Waals surface area contributed by atoms with Crippen LogP contribution in [0.1, 0.15) is 46.7 Å². The zero-order valence-electron chi connectivity index (χ0n) is 19.6. The minimum Gasteiger partial charge on any atom is -0.496 e. The smallest absolute Gasteiger partial charge is 0.339 e. The second kappa shape index (κ2) is 10.2. The average molecular weight is 465 g/mol. The topological polar surface area (TPSA) is 73.2 Å². The van der Waals surface area contributed by atoms with Gasteiger partial charge in [0.05, 0.1) is 20.3 Å². The molecule has 7 heteroatoms. The Labute approximate surface area is 199 Å². The van der Waals surface area contributed by atoms with Crippen molar-refractivity contribution in [3.05, 3.63) is 65.4 Å². The first-order valence-corrected chi connectivity index (χ1v) is 12.1. The van der Waals surface area contributed by atoms with Gasteiger partial charge in [-0.1, -0.05) is 24.3 Å². The number of rotatable bonds is 8. The van der Waals surface area contributed by atoms with Crippen LogP contribution in [0.25, 0.3) is 10.9 Å². The molecule has 0 aliphatic carbocycles. The Morgan fingerprint density at radius 3 is 2.62 bits per heavy atom. The lowest BCUT2D eigenvalue weighted by Gasteiger charge is -2.32. The summed E-state index contributed by atoms with van der Waals surface area (Å²) in [5, 5.41) is 10.8. The Hall–Kier alpha value is -2.87. The third-order valence-corrected chi connectivity index (χ3v) is 7.04. The number of benzene rings is 2. The van der Waals surface area contributed by atoms with Gasteiger partial charge in [-0.3, -0.25) is 4.90 Å². The maximum absolute atomic E-state index is 11.5. The number of carboxylic acids is 1. The van der Waals surface area contributed by atoms with Gasteiger partial charge >= 0.3 is 5.97 Å². The first-order chi connectivity index (χ1) is 16.6. The van der Waals surface area contributed by atoms with Crippen molar-refractivity contribution in [2.75, 3.05) is 33.4 Å². The fourth-order valence-electron chi connectivity index (χ4n) is 5.28. The number of hydrogen-bond donors (Lipinski definition) is 1. The summed E-state index contributed by atoms with van der Waals surface area (Å²) in [7, 11) is 1.50. The number of aromatic nitrogens is 1. The van der Waals surface area contributed by atoms with E-state index in [1.165, 1.54) is 23.6 Å². The van der Waals surface area contributed by atoms with E-state index in [4.69, 9.17) is 14.2 Å². The number of aryl methyl sites for hydroxylation is 1. The number of hydrogen-bond acceptors (Lipinski definition) is 5. The summed E-state index contributed by atoms with van der Waals surface area (Å²) < 4.78 is 18.8. The van der Waals surface area contributed by atoms with Gasteiger partial charge in [-0.25, -0.2) is 4.79 Å². The fourth-order valence-corrected chi connectivity index (χ4v) is 5.28. The molecule has 34 heavy (non-hydrogen) atoms. The first-order valence-electron chi connectivity index (χ1n) is 12.1. The molecule has 2 fully saturated rings. The monoisotopic (exact) mass is 464 g/mol. The molecule has 7 nitrogen and oxygen atoms in total. The fraction of sp³-hybridized carbons (Fsp3) is 0.444. The van der Waals surface area contributed by atoms with Crippen LogP contribution in [-0.2, 0) is 22.6 Å². The second-order valence-corrected chi connectivity index (χ2v) is 9.15. The number of piperidine rings is 1. The summed E-state index contributed by atoms with van der Waals surface area (Å²) in [6, 6.07) is 14.1. The maximum atomic E-state index is 11.5. The van der Waals surface area contributed by atoms with Crippen molar-refractivity contribution >= 4 is 16.9 Å². The number of carbonyl (C=O) groups is 1. The summed E-state index contributed by atoms with van der Waals surface area (Å²) in [6.07, 6.45) is 5.28. The van der Waals surface area contributed by atoms with Crippen molar-refractivity contribution in [3.8, 4) is 5.75 Å². The van der Waals surface area contributed by atoms with Crippen LogP contribution in [0.2, 0.25) is 0 Å². The van der Waals surface area contributed by atoms with Gasteiger partial charge < -0.3 is 23.9 Å². The van der Waals surface area contributed by atoms with Gasteiger partial charge in [0.1, 0.15) is 11.3 Å². The molecule has 180 valence electrons. The van der Waals surface area contributed by atoms with Crippen LogP contribution < -0.4 is 4.74 Å².